The van der Waals surface area contributed by atoms with E-state index in [1.54, 1.807) is 7.05 Å². The molecule has 0 amide bonds. The lowest BCUT2D eigenvalue weighted by atomic mass is 10.5. The molecule has 0 saturated carbocycles. The van der Waals surface area contributed by atoms with Crippen molar-refractivity contribution in [3.63, 3.8) is 0 Å². The highest BCUT2D eigenvalue weighted by Crippen LogP contribution is 2.22. The molecule has 2 heterocycles. The number of ether oxygens (including phenoxy) is 1. The van der Waals surface area contributed by atoms with Gasteiger partial charge in [-0.2, -0.15) is 26.3 Å². The van der Waals surface area contributed by atoms with Crippen LogP contribution in [0.2, 0.25) is 5.15 Å². The molecule has 2 aromatic heterocycles. The van der Waals surface area contributed by atoms with Gasteiger partial charge in [0.2, 0.25) is 10.8 Å². The second kappa shape index (κ2) is 7.68. The highest BCUT2D eigenvalue weighted by molar-refractivity contribution is 6.33. The molecule has 0 unspecified atom stereocenters. The zero-order valence-electron chi connectivity index (χ0n) is 12.5. The molecule has 0 spiro atoms. The maximum Gasteiger partial charge on any atom is 0.491 e. The van der Waals surface area contributed by atoms with Crippen LogP contribution in [0.15, 0.2) is 6.33 Å². The summed E-state index contributed by atoms with van der Waals surface area (Å²) in [6.45, 7) is 0. The third-order valence-corrected chi connectivity index (χ3v) is 2.58. The average Bonchev–Trinajstić information content (AvgIpc) is 2.88. The molecular formula is C10H4ClF6N5O5. The van der Waals surface area contributed by atoms with E-state index in [0.717, 1.165) is 0 Å². The monoisotopic (exact) mass is 423 g/mol. The number of hydrogen-bond acceptors (Lipinski definition) is 8. The van der Waals surface area contributed by atoms with Crippen molar-refractivity contribution >= 4 is 40.7 Å². The zero-order chi connectivity index (χ0) is 21.2. The van der Waals surface area contributed by atoms with Crippen LogP contribution in [-0.4, -0.2) is 48.7 Å². The number of rotatable bonds is 1. The Morgan fingerprint density at radius 1 is 1.15 bits per heavy atom. The van der Waals surface area contributed by atoms with Crippen molar-refractivity contribution in [2.45, 2.75) is 12.4 Å². The van der Waals surface area contributed by atoms with Crippen molar-refractivity contribution in [1.82, 2.24) is 19.5 Å². The highest BCUT2D eigenvalue weighted by atomic mass is 35.5. The van der Waals surface area contributed by atoms with Gasteiger partial charge in [-0.1, -0.05) is 4.98 Å². The van der Waals surface area contributed by atoms with Crippen molar-refractivity contribution in [1.29, 1.82) is 0 Å². The van der Waals surface area contributed by atoms with E-state index in [0.29, 0.717) is 11.2 Å². The molecule has 0 aliphatic carbocycles. The Labute approximate surface area is 147 Å². The lowest BCUT2D eigenvalue weighted by molar-refractivity contribution is -0.394. The fourth-order valence-electron chi connectivity index (χ4n) is 1.24. The number of imidazole rings is 1. The van der Waals surface area contributed by atoms with Crippen molar-refractivity contribution in [2.24, 2.45) is 7.05 Å². The van der Waals surface area contributed by atoms with E-state index in [2.05, 4.69) is 19.7 Å². The first-order chi connectivity index (χ1) is 12.1. The van der Waals surface area contributed by atoms with E-state index in [4.69, 9.17) is 11.6 Å². The van der Waals surface area contributed by atoms with Crippen LogP contribution in [0.25, 0.3) is 11.2 Å². The number of nitro groups is 1. The summed E-state index contributed by atoms with van der Waals surface area (Å²) in [5, 5.41) is 10.4. The molecule has 0 fully saturated rings. The maximum atomic E-state index is 11.2. The molecule has 2 rings (SSSR count). The molecule has 0 bridgehead atoms. The fourth-order valence-corrected chi connectivity index (χ4v) is 1.45. The first-order valence-electron chi connectivity index (χ1n) is 6.03. The van der Waals surface area contributed by atoms with Gasteiger partial charge in [-0.3, -0.25) is 0 Å². The molecule has 0 aliphatic rings. The molecule has 0 saturated heterocycles. The van der Waals surface area contributed by atoms with Crippen LogP contribution in [0.5, 0.6) is 0 Å². The Morgan fingerprint density at radius 2 is 1.63 bits per heavy atom. The van der Waals surface area contributed by atoms with E-state index in [1.165, 1.54) is 10.9 Å². The molecule has 2 aromatic rings. The van der Waals surface area contributed by atoms with Crippen molar-refractivity contribution < 1.29 is 45.6 Å². The van der Waals surface area contributed by atoms with Crippen molar-refractivity contribution in [2.75, 3.05) is 0 Å². The predicted octanol–water partition coefficient (Wildman–Crippen LogP) is 2.11. The standard InChI is InChI=1S/C6H4ClN5O2.C4F6O3/c1-11-2-8-3-4(7)9-6(12(13)14)10-5(3)11;5-3(6,7)1(11)13-2(12)4(8,9)10/h2H,1H3;. The Kier molecular flexibility index (Phi) is 6.26. The molecule has 0 N–H and O–H groups in total. The molecule has 27 heavy (non-hydrogen) atoms. The molecule has 10 nitrogen and oxygen atoms in total. The van der Waals surface area contributed by atoms with Crippen molar-refractivity contribution in [3.05, 3.63) is 21.6 Å². The Bertz CT molecular complexity index is 871. The third-order valence-electron chi connectivity index (χ3n) is 2.32. The van der Waals surface area contributed by atoms with Crippen LogP contribution < -0.4 is 0 Å². The Morgan fingerprint density at radius 3 is 2.04 bits per heavy atom. The molecule has 0 radical (unpaired) electrons. The van der Waals surface area contributed by atoms with Gasteiger partial charge >= 0.3 is 30.2 Å². The summed E-state index contributed by atoms with van der Waals surface area (Å²) >= 11 is 5.69. The van der Waals surface area contributed by atoms with Crippen LogP contribution in [-0.2, 0) is 21.4 Å². The Balaban J connectivity index is 0.000000271. The summed E-state index contributed by atoms with van der Waals surface area (Å²) < 4.78 is 71.2. The topological polar surface area (TPSA) is 130 Å². The largest absolute Gasteiger partial charge is 0.491 e. The van der Waals surface area contributed by atoms with E-state index < -0.39 is 35.2 Å². The minimum absolute atomic E-state index is 0.0118. The second-order valence-corrected chi connectivity index (χ2v) is 4.63. The number of carbonyl (C=O) groups excluding carboxylic acids is 2. The normalized spacial score (nSPS) is 11.6. The van der Waals surface area contributed by atoms with Crippen LogP contribution in [0, 0.1) is 10.1 Å². The quantitative estimate of drug-likeness (QED) is 0.170. The number of esters is 2. The van der Waals surface area contributed by atoms with E-state index in [1.807, 2.05) is 0 Å². The first-order valence-corrected chi connectivity index (χ1v) is 6.41. The van der Waals surface area contributed by atoms with E-state index in [9.17, 15) is 46.0 Å². The second-order valence-electron chi connectivity index (χ2n) is 4.27. The van der Waals surface area contributed by atoms with Gasteiger partial charge in [0, 0.05) is 7.05 Å². The number of carbonyl (C=O) groups is 2. The molecule has 0 aromatic carbocycles. The van der Waals surface area contributed by atoms with Gasteiger partial charge in [-0.05, 0) is 21.5 Å². The van der Waals surface area contributed by atoms with Gasteiger partial charge in [-0.25, -0.2) is 14.6 Å². The maximum absolute atomic E-state index is 11.2. The molecule has 0 atom stereocenters. The lowest BCUT2D eigenvalue weighted by Crippen LogP contribution is -2.34. The van der Waals surface area contributed by atoms with Crippen molar-refractivity contribution in [3.8, 4) is 0 Å². The highest BCUT2D eigenvalue weighted by Gasteiger charge is 2.49. The van der Waals surface area contributed by atoms with Gasteiger partial charge in [0.05, 0.1) is 6.33 Å². The number of alkyl halides is 6. The Hall–Kier alpha value is -3.04. The number of aromatic nitrogens is 4. The number of halogens is 7. The number of aryl methyl sites for hydroxylation is 1. The third kappa shape index (κ3) is 5.73. The molecule has 17 heteroatoms. The minimum Gasteiger partial charge on any atom is -0.390 e. The van der Waals surface area contributed by atoms with Gasteiger partial charge < -0.3 is 19.4 Å². The lowest BCUT2D eigenvalue weighted by Gasteiger charge is -2.06. The number of hydrogen-bond donors (Lipinski definition) is 0. The summed E-state index contributed by atoms with van der Waals surface area (Å²) in [6.07, 6.45) is -9.78. The molecule has 148 valence electrons. The van der Waals surface area contributed by atoms with Crippen LogP contribution in [0.3, 0.4) is 0 Å². The van der Waals surface area contributed by atoms with Gasteiger partial charge in [0.25, 0.3) is 0 Å². The predicted molar refractivity (Wildman–Crippen MR) is 71.2 cm³/mol. The summed E-state index contributed by atoms with van der Waals surface area (Å²) in [5.74, 6) is -6.92. The summed E-state index contributed by atoms with van der Waals surface area (Å²) in [4.78, 5) is 40.1. The molecular weight excluding hydrogens is 420 g/mol. The van der Waals surface area contributed by atoms with Crippen LogP contribution in [0.4, 0.5) is 32.3 Å². The number of fused-ring (bicyclic) bond motifs is 1. The average molecular weight is 424 g/mol. The SMILES string of the molecule is Cn1cnc2c(Cl)nc([N+](=O)[O-])nc21.O=C(OC(=O)C(F)(F)F)C(F)(F)F. The van der Waals surface area contributed by atoms with E-state index in [-0.39, 0.29) is 5.15 Å². The number of nitrogens with zero attached hydrogens (tertiary/aromatic N) is 5. The summed E-state index contributed by atoms with van der Waals surface area (Å²) in [5.41, 5.74) is 0.705. The molecule has 0 aliphatic heterocycles. The summed E-state index contributed by atoms with van der Waals surface area (Å²) in [6, 6.07) is 0. The van der Waals surface area contributed by atoms with Gasteiger partial charge in [0.15, 0.2) is 5.52 Å². The van der Waals surface area contributed by atoms with E-state index >= 15 is 0 Å². The zero-order valence-corrected chi connectivity index (χ0v) is 13.3. The fraction of sp³-hybridized carbons (Fsp3) is 0.300. The van der Waals surface area contributed by atoms with Gasteiger partial charge in [-0.15, -0.1) is 0 Å². The smallest absolute Gasteiger partial charge is 0.390 e. The van der Waals surface area contributed by atoms with Crippen LogP contribution in [0.1, 0.15) is 0 Å². The van der Waals surface area contributed by atoms with Crippen LogP contribution >= 0.6 is 11.6 Å². The first kappa shape index (κ1) is 22.0. The summed E-state index contributed by atoms with van der Waals surface area (Å²) in [7, 11) is 1.67. The van der Waals surface area contributed by atoms with Gasteiger partial charge in [0.1, 0.15) is 0 Å². The minimum atomic E-state index is -5.62.